The third-order valence-corrected chi connectivity index (χ3v) is 3.44. The van der Waals surface area contributed by atoms with E-state index in [2.05, 4.69) is 20.6 Å². The van der Waals surface area contributed by atoms with Gasteiger partial charge in [-0.1, -0.05) is 30.3 Å². The number of hydrogen-bond donors (Lipinski definition) is 2. The van der Waals surface area contributed by atoms with Crippen molar-refractivity contribution in [3.63, 3.8) is 0 Å². The molecule has 2 aromatic carbocycles. The van der Waals surface area contributed by atoms with Gasteiger partial charge in [-0.25, -0.2) is 9.97 Å². The van der Waals surface area contributed by atoms with Gasteiger partial charge >= 0.3 is 0 Å². The average Bonchev–Trinajstić information content (AvgIpc) is 2.64. The van der Waals surface area contributed by atoms with Crippen LogP contribution in [0.5, 0.6) is 5.75 Å². The first-order valence-electron chi connectivity index (χ1n) is 8.33. The van der Waals surface area contributed by atoms with Crippen LogP contribution < -0.4 is 15.4 Å². The lowest BCUT2D eigenvalue weighted by Crippen LogP contribution is -2.16. The number of para-hydroxylation sites is 3. The summed E-state index contributed by atoms with van der Waals surface area (Å²) in [4.78, 5) is 20.8. The summed E-state index contributed by atoms with van der Waals surface area (Å²) in [6.45, 7) is 3.87. The van der Waals surface area contributed by atoms with Crippen LogP contribution in [0.1, 0.15) is 24.3 Å². The Morgan fingerprint density at radius 1 is 1.00 bits per heavy atom. The smallest absolute Gasteiger partial charge is 0.274 e. The highest BCUT2D eigenvalue weighted by Gasteiger charge is 2.13. The lowest BCUT2D eigenvalue weighted by Gasteiger charge is -2.14. The molecule has 0 saturated heterocycles. The van der Waals surface area contributed by atoms with Crippen molar-refractivity contribution in [3.05, 3.63) is 72.7 Å². The van der Waals surface area contributed by atoms with Gasteiger partial charge in [0.05, 0.1) is 11.8 Å². The van der Waals surface area contributed by atoms with Gasteiger partial charge in [-0.3, -0.25) is 4.79 Å². The summed E-state index contributed by atoms with van der Waals surface area (Å²) in [5, 5.41) is 5.99. The Morgan fingerprint density at radius 3 is 2.50 bits per heavy atom. The van der Waals surface area contributed by atoms with Crippen molar-refractivity contribution >= 4 is 23.1 Å². The Labute approximate surface area is 152 Å². The van der Waals surface area contributed by atoms with E-state index in [9.17, 15) is 4.79 Å². The number of aromatic nitrogens is 2. The number of nitrogens with one attached hydrogen (secondary N) is 2. The molecule has 132 valence electrons. The predicted octanol–water partition coefficient (Wildman–Crippen LogP) is 4.26. The third kappa shape index (κ3) is 4.57. The molecule has 2 N–H and O–H groups in total. The largest absolute Gasteiger partial charge is 0.489 e. The maximum atomic E-state index is 12.6. The predicted molar refractivity (Wildman–Crippen MR) is 102 cm³/mol. The van der Waals surface area contributed by atoms with Crippen molar-refractivity contribution in [2.75, 3.05) is 10.6 Å². The minimum Gasteiger partial charge on any atom is -0.489 e. The van der Waals surface area contributed by atoms with Gasteiger partial charge in [-0.2, -0.15) is 0 Å². The van der Waals surface area contributed by atoms with E-state index in [-0.39, 0.29) is 17.7 Å². The molecule has 6 nitrogen and oxygen atoms in total. The van der Waals surface area contributed by atoms with Crippen LogP contribution in [0.2, 0.25) is 0 Å². The van der Waals surface area contributed by atoms with Crippen LogP contribution in [0.15, 0.2) is 67.0 Å². The fourth-order valence-corrected chi connectivity index (χ4v) is 2.33. The number of ether oxygens (including phenoxy) is 1. The van der Waals surface area contributed by atoms with E-state index in [1.54, 1.807) is 12.1 Å². The fraction of sp³-hybridized carbons (Fsp3) is 0.150. The normalized spacial score (nSPS) is 10.4. The molecule has 0 radical (unpaired) electrons. The zero-order valence-electron chi connectivity index (χ0n) is 14.6. The van der Waals surface area contributed by atoms with Crippen molar-refractivity contribution in [2.24, 2.45) is 0 Å². The minimum absolute atomic E-state index is 0.00813. The molecule has 0 aliphatic carbocycles. The molecule has 1 amide bonds. The number of carbonyl (C=O) groups excluding carboxylic acids is 1. The van der Waals surface area contributed by atoms with Crippen LogP contribution in [-0.2, 0) is 0 Å². The molecule has 26 heavy (non-hydrogen) atoms. The van der Waals surface area contributed by atoms with Crippen molar-refractivity contribution in [2.45, 2.75) is 20.0 Å². The Balaban J connectivity index is 1.76. The quantitative estimate of drug-likeness (QED) is 0.696. The van der Waals surface area contributed by atoms with Gasteiger partial charge in [-0.15, -0.1) is 0 Å². The molecule has 0 aliphatic rings. The highest BCUT2D eigenvalue weighted by atomic mass is 16.5. The van der Waals surface area contributed by atoms with E-state index in [1.807, 2.05) is 62.4 Å². The standard InChI is InChI=1S/C20H20N4O2/c1-14(2)26-18-11-7-6-10-16(18)24-20(25)17-12-19(22-13-21-17)23-15-8-4-3-5-9-15/h3-14H,1-2H3,(H,24,25)(H,21,22,23). The number of benzene rings is 2. The summed E-state index contributed by atoms with van der Waals surface area (Å²) in [7, 11) is 0. The van der Waals surface area contributed by atoms with Crippen molar-refractivity contribution in [1.29, 1.82) is 0 Å². The van der Waals surface area contributed by atoms with Crippen LogP contribution in [0, 0.1) is 0 Å². The van der Waals surface area contributed by atoms with Gasteiger partial charge < -0.3 is 15.4 Å². The molecule has 1 aromatic heterocycles. The maximum absolute atomic E-state index is 12.6. The second-order valence-corrected chi connectivity index (χ2v) is 5.90. The van der Waals surface area contributed by atoms with Crippen LogP contribution in [0.4, 0.5) is 17.2 Å². The van der Waals surface area contributed by atoms with Gasteiger partial charge in [0.2, 0.25) is 0 Å². The highest BCUT2D eigenvalue weighted by molar-refractivity contribution is 6.04. The SMILES string of the molecule is CC(C)Oc1ccccc1NC(=O)c1cc(Nc2ccccc2)ncn1. The molecule has 0 unspecified atom stereocenters. The Hall–Kier alpha value is -3.41. The number of anilines is 3. The number of amides is 1. The first kappa shape index (κ1) is 17.4. The first-order chi connectivity index (χ1) is 12.6. The molecule has 0 saturated carbocycles. The fourth-order valence-electron chi connectivity index (χ4n) is 2.33. The average molecular weight is 348 g/mol. The molecular formula is C20H20N4O2. The monoisotopic (exact) mass is 348 g/mol. The van der Waals surface area contributed by atoms with Gasteiger partial charge in [0, 0.05) is 11.8 Å². The molecule has 0 bridgehead atoms. The summed E-state index contributed by atoms with van der Waals surface area (Å²) in [6, 6.07) is 18.5. The Kier molecular flexibility index (Phi) is 5.43. The van der Waals surface area contributed by atoms with Crippen LogP contribution in [-0.4, -0.2) is 22.0 Å². The van der Waals surface area contributed by atoms with Crippen molar-refractivity contribution < 1.29 is 9.53 Å². The summed E-state index contributed by atoms with van der Waals surface area (Å²) < 4.78 is 5.72. The maximum Gasteiger partial charge on any atom is 0.274 e. The number of carbonyl (C=O) groups is 1. The second-order valence-electron chi connectivity index (χ2n) is 5.90. The van der Waals surface area contributed by atoms with Crippen LogP contribution >= 0.6 is 0 Å². The molecule has 3 rings (SSSR count). The molecular weight excluding hydrogens is 328 g/mol. The summed E-state index contributed by atoms with van der Waals surface area (Å²) in [5.41, 5.74) is 1.74. The third-order valence-electron chi connectivity index (χ3n) is 3.44. The summed E-state index contributed by atoms with van der Waals surface area (Å²) >= 11 is 0. The van der Waals surface area contributed by atoms with E-state index in [0.717, 1.165) is 5.69 Å². The zero-order valence-corrected chi connectivity index (χ0v) is 14.6. The second kappa shape index (κ2) is 8.11. The zero-order chi connectivity index (χ0) is 18.4. The van der Waals surface area contributed by atoms with Gasteiger partial charge in [0.25, 0.3) is 5.91 Å². The molecule has 6 heteroatoms. The molecule has 3 aromatic rings. The van der Waals surface area contributed by atoms with E-state index in [0.29, 0.717) is 17.3 Å². The lowest BCUT2D eigenvalue weighted by atomic mass is 10.2. The van der Waals surface area contributed by atoms with E-state index in [1.165, 1.54) is 6.33 Å². The number of rotatable bonds is 6. The molecule has 1 heterocycles. The van der Waals surface area contributed by atoms with Crippen molar-refractivity contribution in [3.8, 4) is 5.75 Å². The lowest BCUT2D eigenvalue weighted by molar-refractivity contribution is 0.102. The Morgan fingerprint density at radius 2 is 1.73 bits per heavy atom. The highest BCUT2D eigenvalue weighted by Crippen LogP contribution is 2.25. The molecule has 0 spiro atoms. The first-order valence-corrected chi connectivity index (χ1v) is 8.33. The summed E-state index contributed by atoms with van der Waals surface area (Å²) in [5.74, 6) is 0.832. The molecule has 0 atom stereocenters. The van der Waals surface area contributed by atoms with E-state index < -0.39 is 0 Å². The van der Waals surface area contributed by atoms with Gasteiger partial charge in [0.1, 0.15) is 23.6 Å². The summed E-state index contributed by atoms with van der Waals surface area (Å²) in [6.07, 6.45) is 1.37. The van der Waals surface area contributed by atoms with Gasteiger partial charge in [0.15, 0.2) is 0 Å². The van der Waals surface area contributed by atoms with Gasteiger partial charge in [-0.05, 0) is 38.1 Å². The van der Waals surface area contributed by atoms with E-state index >= 15 is 0 Å². The minimum atomic E-state index is -0.330. The number of hydrogen-bond acceptors (Lipinski definition) is 5. The van der Waals surface area contributed by atoms with Crippen LogP contribution in [0.3, 0.4) is 0 Å². The van der Waals surface area contributed by atoms with Crippen molar-refractivity contribution in [1.82, 2.24) is 9.97 Å². The van der Waals surface area contributed by atoms with Crippen LogP contribution in [0.25, 0.3) is 0 Å². The molecule has 0 aliphatic heterocycles. The Bertz CT molecular complexity index is 882. The number of nitrogens with zero attached hydrogens (tertiary/aromatic N) is 2. The molecule has 0 fully saturated rings. The topological polar surface area (TPSA) is 76.1 Å². The van der Waals surface area contributed by atoms with E-state index in [4.69, 9.17) is 4.74 Å².